The molecule has 0 saturated carbocycles. The summed E-state index contributed by atoms with van der Waals surface area (Å²) >= 11 is 5.93. The van der Waals surface area contributed by atoms with Gasteiger partial charge in [-0.15, -0.1) is 0 Å². The van der Waals surface area contributed by atoms with Gasteiger partial charge in [0.1, 0.15) is 18.2 Å². The van der Waals surface area contributed by atoms with E-state index < -0.39 is 11.2 Å². The first-order chi connectivity index (χ1) is 12.0. The van der Waals surface area contributed by atoms with E-state index in [0.717, 1.165) is 4.57 Å². The van der Waals surface area contributed by atoms with Crippen molar-refractivity contribution in [3.8, 4) is 17.5 Å². The number of benzene rings is 1. The van der Waals surface area contributed by atoms with Crippen molar-refractivity contribution in [1.82, 2.24) is 19.3 Å². The van der Waals surface area contributed by atoms with Crippen molar-refractivity contribution in [3.63, 3.8) is 0 Å². The van der Waals surface area contributed by atoms with Crippen LogP contribution in [0.2, 0.25) is 5.02 Å². The first-order valence-electron chi connectivity index (χ1n) is 7.36. The zero-order valence-electron chi connectivity index (χ0n) is 13.1. The maximum Gasteiger partial charge on any atom is 0.331 e. The van der Waals surface area contributed by atoms with Crippen LogP contribution in [0.1, 0.15) is 18.4 Å². The smallest absolute Gasteiger partial charge is 0.331 e. The Morgan fingerprint density at radius 1 is 1.36 bits per heavy atom. The van der Waals surface area contributed by atoms with Gasteiger partial charge in [0.15, 0.2) is 0 Å². The van der Waals surface area contributed by atoms with Crippen molar-refractivity contribution in [2.45, 2.75) is 20.0 Å². The molecule has 0 unspecified atom stereocenters. The van der Waals surface area contributed by atoms with Gasteiger partial charge in [-0.2, -0.15) is 10.2 Å². The third kappa shape index (κ3) is 3.22. The van der Waals surface area contributed by atoms with Crippen LogP contribution >= 0.6 is 11.6 Å². The molecule has 126 valence electrons. The van der Waals surface area contributed by atoms with Crippen LogP contribution in [-0.4, -0.2) is 19.3 Å². The largest absolute Gasteiger partial charge is 0.337 e. The molecule has 9 heteroatoms. The van der Waals surface area contributed by atoms with Gasteiger partial charge in [0.25, 0.3) is 5.56 Å². The van der Waals surface area contributed by atoms with Gasteiger partial charge < -0.3 is 4.52 Å². The molecule has 1 aromatic carbocycles. The SMILES string of the molecule is CCn1cc(C#N)c(=O)n(Cc2nc(-c3cccc(Cl)c3)no2)c1=O. The normalized spacial score (nSPS) is 10.6. The van der Waals surface area contributed by atoms with Crippen LogP contribution in [-0.2, 0) is 13.1 Å². The zero-order valence-corrected chi connectivity index (χ0v) is 13.9. The number of halogens is 1. The molecular formula is C16H12ClN5O3. The molecule has 3 rings (SSSR count). The second-order valence-corrected chi connectivity index (χ2v) is 5.57. The van der Waals surface area contributed by atoms with E-state index in [9.17, 15) is 9.59 Å². The fourth-order valence-corrected chi connectivity index (χ4v) is 2.49. The molecule has 0 spiro atoms. The van der Waals surface area contributed by atoms with E-state index in [4.69, 9.17) is 21.4 Å². The van der Waals surface area contributed by atoms with Crippen LogP contribution in [0.5, 0.6) is 0 Å². The maximum absolute atomic E-state index is 12.3. The lowest BCUT2D eigenvalue weighted by Gasteiger charge is -2.07. The Bertz CT molecular complexity index is 1090. The minimum atomic E-state index is -0.695. The second-order valence-electron chi connectivity index (χ2n) is 5.14. The molecule has 0 amide bonds. The van der Waals surface area contributed by atoms with E-state index in [-0.39, 0.29) is 23.8 Å². The van der Waals surface area contributed by atoms with Gasteiger partial charge in [0.2, 0.25) is 11.7 Å². The maximum atomic E-state index is 12.3. The summed E-state index contributed by atoms with van der Waals surface area (Å²) in [7, 11) is 0. The van der Waals surface area contributed by atoms with Gasteiger partial charge >= 0.3 is 5.69 Å². The van der Waals surface area contributed by atoms with E-state index >= 15 is 0 Å². The minimum absolute atomic E-state index is 0.0759. The summed E-state index contributed by atoms with van der Waals surface area (Å²) in [6.07, 6.45) is 1.24. The molecule has 0 aliphatic heterocycles. The lowest BCUT2D eigenvalue weighted by molar-refractivity contribution is 0.365. The summed E-state index contributed by atoms with van der Waals surface area (Å²) in [5, 5.41) is 13.4. The van der Waals surface area contributed by atoms with Gasteiger partial charge in [0, 0.05) is 23.3 Å². The molecule has 2 heterocycles. The van der Waals surface area contributed by atoms with Gasteiger partial charge in [-0.1, -0.05) is 28.9 Å². The highest BCUT2D eigenvalue weighted by Gasteiger charge is 2.15. The third-order valence-electron chi connectivity index (χ3n) is 3.54. The highest BCUT2D eigenvalue weighted by atomic mass is 35.5. The predicted molar refractivity (Wildman–Crippen MR) is 89.2 cm³/mol. The molecule has 25 heavy (non-hydrogen) atoms. The zero-order chi connectivity index (χ0) is 18.0. The van der Waals surface area contributed by atoms with Crippen LogP contribution in [0.25, 0.3) is 11.4 Å². The summed E-state index contributed by atoms with van der Waals surface area (Å²) in [6.45, 7) is 1.84. The van der Waals surface area contributed by atoms with Gasteiger partial charge in [-0.3, -0.25) is 9.36 Å². The van der Waals surface area contributed by atoms with Gasteiger partial charge in [0.05, 0.1) is 0 Å². The topological polar surface area (TPSA) is 107 Å². The first-order valence-corrected chi connectivity index (χ1v) is 7.74. The van der Waals surface area contributed by atoms with E-state index in [2.05, 4.69) is 10.1 Å². The Labute approximate surface area is 146 Å². The fraction of sp³-hybridized carbons (Fsp3) is 0.188. The van der Waals surface area contributed by atoms with Crippen molar-refractivity contribution < 1.29 is 4.52 Å². The first kappa shape index (κ1) is 16.7. The van der Waals surface area contributed by atoms with Gasteiger partial charge in [-0.05, 0) is 19.1 Å². The number of nitriles is 1. The van der Waals surface area contributed by atoms with E-state index in [1.807, 2.05) is 0 Å². The highest BCUT2D eigenvalue weighted by molar-refractivity contribution is 6.30. The lowest BCUT2D eigenvalue weighted by Crippen LogP contribution is -2.41. The Balaban J connectivity index is 2.01. The van der Waals surface area contributed by atoms with Crippen LogP contribution in [0.3, 0.4) is 0 Å². The summed E-state index contributed by atoms with van der Waals surface area (Å²) < 4.78 is 7.30. The van der Waals surface area contributed by atoms with Crippen molar-refractivity contribution >= 4 is 11.6 Å². The minimum Gasteiger partial charge on any atom is -0.337 e. The summed E-state index contributed by atoms with van der Waals surface area (Å²) in [5.41, 5.74) is -0.726. The molecular weight excluding hydrogens is 346 g/mol. The second kappa shape index (κ2) is 6.75. The van der Waals surface area contributed by atoms with E-state index in [1.54, 1.807) is 37.3 Å². The molecule has 3 aromatic rings. The van der Waals surface area contributed by atoms with E-state index in [0.29, 0.717) is 17.1 Å². The van der Waals surface area contributed by atoms with E-state index in [1.165, 1.54) is 10.8 Å². The van der Waals surface area contributed by atoms with Crippen LogP contribution in [0, 0.1) is 11.3 Å². The van der Waals surface area contributed by atoms with Crippen molar-refractivity contribution in [3.05, 3.63) is 67.8 Å². The fourth-order valence-electron chi connectivity index (χ4n) is 2.30. The number of rotatable bonds is 4. The quantitative estimate of drug-likeness (QED) is 0.702. The Morgan fingerprint density at radius 2 is 2.16 bits per heavy atom. The third-order valence-corrected chi connectivity index (χ3v) is 3.78. The van der Waals surface area contributed by atoms with Gasteiger partial charge in [-0.25, -0.2) is 9.36 Å². The van der Waals surface area contributed by atoms with Crippen LogP contribution in [0.15, 0.2) is 44.6 Å². The summed E-state index contributed by atoms with van der Waals surface area (Å²) in [5.74, 6) is 0.365. The predicted octanol–water partition coefficient (Wildman–Crippen LogP) is 1.65. The molecule has 0 saturated heterocycles. The van der Waals surface area contributed by atoms with Crippen molar-refractivity contribution in [2.75, 3.05) is 0 Å². The molecule has 0 N–H and O–H groups in total. The Morgan fingerprint density at radius 3 is 2.84 bits per heavy atom. The molecule has 0 aliphatic carbocycles. The molecule has 0 fully saturated rings. The molecule has 0 bridgehead atoms. The lowest BCUT2D eigenvalue weighted by atomic mass is 10.2. The standard InChI is InChI=1S/C16H12ClN5O3/c1-2-21-8-11(7-18)15(23)22(16(21)24)9-13-19-14(20-25-13)10-4-3-5-12(17)6-10/h3-6,8H,2,9H2,1H3. The van der Waals surface area contributed by atoms with Crippen LogP contribution < -0.4 is 11.2 Å². The molecule has 0 aliphatic rings. The number of aromatic nitrogens is 4. The summed E-state index contributed by atoms with van der Waals surface area (Å²) in [6, 6.07) is 8.67. The van der Waals surface area contributed by atoms with Crippen molar-refractivity contribution in [2.24, 2.45) is 0 Å². The number of nitrogens with zero attached hydrogens (tertiary/aromatic N) is 5. The molecule has 0 atom stereocenters. The monoisotopic (exact) mass is 357 g/mol. The molecule has 8 nitrogen and oxygen atoms in total. The Kier molecular flexibility index (Phi) is 4.50. The number of aryl methyl sites for hydroxylation is 1. The average molecular weight is 358 g/mol. The van der Waals surface area contributed by atoms with Crippen LogP contribution in [0.4, 0.5) is 0 Å². The highest BCUT2D eigenvalue weighted by Crippen LogP contribution is 2.19. The van der Waals surface area contributed by atoms with Crippen molar-refractivity contribution in [1.29, 1.82) is 5.26 Å². The average Bonchev–Trinajstić information content (AvgIpc) is 3.08. The number of hydrogen-bond acceptors (Lipinski definition) is 6. The summed E-state index contributed by atoms with van der Waals surface area (Å²) in [4.78, 5) is 28.7. The number of hydrogen-bond donors (Lipinski definition) is 0. The molecule has 2 aromatic heterocycles. The Hall–Kier alpha value is -3.18. The molecule has 0 radical (unpaired) electrons.